The van der Waals surface area contributed by atoms with E-state index >= 15 is 0 Å². The van der Waals surface area contributed by atoms with Gasteiger partial charge in [-0.05, 0) is 45.7 Å². The number of aldehydes is 1. The minimum Gasteiger partial charge on any atom is -0.507 e. The highest BCUT2D eigenvalue weighted by Crippen LogP contribution is 2.39. The van der Waals surface area contributed by atoms with Crippen LogP contribution in [0.1, 0.15) is 10.4 Å². The second-order valence-electron chi connectivity index (χ2n) is 7.24. The van der Waals surface area contributed by atoms with Crippen LogP contribution in [0, 0.1) is 0 Å². The van der Waals surface area contributed by atoms with Crippen molar-refractivity contribution in [1.29, 1.82) is 0 Å². The van der Waals surface area contributed by atoms with Crippen molar-refractivity contribution in [3.05, 3.63) is 96.8 Å². The number of benzene rings is 4. The number of carbonyl (C=O) groups excluding carboxylic acids is 1. The molecule has 4 heteroatoms. The number of aromatic nitrogens is 1. The molecule has 1 aromatic heterocycles. The van der Waals surface area contributed by atoms with Gasteiger partial charge in [0.1, 0.15) is 5.75 Å². The summed E-state index contributed by atoms with van der Waals surface area (Å²) >= 11 is 0. The number of nitrogens with zero attached hydrogens (tertiary/aromatic N) is 1. The van der Waals surface area contributed by atoms with Gasteiger partial charge in [0, 0.05) is 10.1 Å². The van der Waals surface area contributed by atoms with Crippen LogP contribution in [0.25, 0.3) is 43.8 Å². The lowest BCUT2D eigenvalue weighted by molar-refractivity contribution is -0.903. The van der Waals surface area contributed by atoms with E-state index in [1.165, 1.54) is 0 Å². The molecule has 30 heavy (non-hydrogen) atoms. The number of fused-ring (bicyclic) bond motifs is 2. The molecule has 0 aliphatic rings. The van der Waals surface area contributed by atoms with E-state index in [0.717, 1.165) is 48.5 Å². The Balaban J connectivity index is 1.88. The summed E-state index contributed by atoms with van der Waals surface area (Å²) in [6.45, 7) is 0. The van der Waals surface area contributed by atoms with E-state index < -0.39 is 0 Å². The molecule has 0 amide bonds. The van der Waals surface area contributed by atoms with E-state index in [2.05, 4.69) is 0 Å². The van der Waals surface area contributed by atoms with Crippen molar-refractivity contribution in [2.24, 2.45) is 0 Å². The van der Waals surface area contributed by atoms with Crippen molar-refractivity contribution in [2.45, 2.75) is 0 Å². The summed E-state index contributed by atoms with van der Waals surface area (Å²) in [6, 6.07) is 25.1. The molecule has 0 fully saturated rings. The van der Waals surface area contributed by atoms with Gasteiger partial charge in [0.05, 0.1) is 16.5 Å². The normalized spacial score (nSPS) is 11.1. The molecule has 144 valence electrons. The second kappa shape index (κ2) is 7.01. The number of rotatable bonds is 3. The lowest BCUT2D eigenvalue weighted by atomic mass is 9.90. The van der Waals surface area contributed by atoms with Gasteiger partial charge < -0.3 is 5.11 Å². The fraction of sp³-hybridized carbons (Fsp3) is 0. The predicted octanol–water partition coefficient (Wildman–Crippen LogP) is 5.37. The van der Waals surface area contributed by atoms with E-state index in [1.54, 1.807) is 24.5 Å². The van der Waals surface area contributed by atoms with E-state index in [-0.39, 0.29) is 11.3 Å². The Morgan fingerprint density at radius 2 is 1.47 bits per heavy atom. The van der Waals surface area contributed by atoms with Gasteiger partial charge in [-0.1, -0.05) is 60.7 Å². The monoisotopic (exact) mass is 392 g/mol. The van der Waals surface area contributed by atoms with Gasteiger partial charge in [-0.2, -0.15) is 0 Å². The van der Waals surface area contributed by atoms with Gasteiger partial charge in [0.2, 0.25) is 12.4 Å². The Morgan fingerprint density at radius 3 is 2.27 bits per heavy atom. The lowest BCUT2D eigenvalue weighted by Crippen LogP contribution is -2.28. The number of hydrogen-bond acceptors (Lipinski definition) is 3. The summed E-state index contributed by atoms with van der Waals surface area (Å²) < 4.78 is 1.09. The number of aromatic hydroxyl groups is 1. The zero-order valence-corrected chi connectivity index (χ0v) is 16.0. The molecule has 0 saturated carbocycles. The summed E-state index contributed by atoms with van der Waals surface area (Å²) in [6.07, 6.45) is 4.05. The molecule has 0 spiro atoms. The van der Waals surface area contributed by atoms with Crippen molar-refractivity contribution >= 4 is 27.8 Å². The van der Waals surface area contributed by atoms with Crippen LogP contribution in [0.2, 0.25) is 0 Å². The van der Waals surface area contributed by atoms with E-state index in [0.29, 0.717) is 6.29 Å². The maximum Gasteiger partial charge on any atom is 0.230 e. The molecule has 1 heterocycles. The Hall–Kier alpha value is -4.18. The molecule has 0 saturated heterocycles. The van der Waals surface area contributed by atoms with E-state index in [4.69, 9.17) is 0 Å². The average molecular weight is 392 g/mol. The topological polar surface area (TPSA) is 61.4 Å². The fourth-order valence-electron chi connectivity index (χ4n) is 4.07. The molecule has 2 N–H and O–H groups in total. The number of carbonyl (C=O) groups is 1. The Morgan fingerprint density at radius 1 is 0.733 bits per heavy atom. The third-order valence-corrected chi connectivity index (χ3v) is 5.44. The Labute approximate surface area is 172 Å². The average Bonchev–Trinajstić information content (AvgIpc) is 2.78. The minimum atomic E-state index is -0.0374. The van der Waals surface area contributed by atoms with Crippen LogP contribution in [0.3, 0.4) is 0 Å². The largest absolute Gasteiger partial charge is 0.507 e. The summed E-state index contributed by atoms with van der Waals surface area (Å²) in [5.41, 5.74) is 3.92. The smallest absolute Gasteiger partial charge is 0.230 e. The first-order chi connectivity index (χ1) is 14.7. The molecule has 4 aromatic carbocycles. The SMILES string of the molecule is O=Cc1cc(-c2cccc3cccc(-c4c[n+](O)cc5ccccc45)c23)ccc1O. The van der Waals surface area contributed by atoms with E-state index in [1.807, 2.05) is 66.7 Å². The van der Waals surface area contributed by atoms with Crippen molar-refractivity contribution in [3.8, 4) is 28.0 Å². The van der Waals surface area contributed by atoms with Crippen LogP contribution in [-0.4, -0.2) is 16.6 Å². The van der Waals surface area contributed by atoms with Crippen LogP contribution in [0.5, 0.6) is 5.75 Å². The molecule has 5 rings (SSSR count). The molecule has 0 aliphatic carbocycles. The van der Waals surface area contributed by atoms with Crippen molar-refractivity contribution in [2.75, 3.05) is 0 Å². The fourth-order valence-corrected chi connectivity index (χ4v) is 4.07. The molecule has 4 nitrogen and oxygen atoms in total. The van der Waals surface area contributed by atoms with Gasteiger partial charge in [-0.25, -0.2) is 0 Å². The Kier molecular flexibility index (Phi) is 4.18. The third-order valence-electron chi connectivity index (χ3n) is 5.44. The third kappa shape index (κ3) is 2.86. The maximum atomic E-state index is 11.4. The summed E-state index contributed by atoms with van der Waals surface area (Å²) in [7, 11) is 0. The van der Waals surface area contributed by atoms with Gasteiger partial charge in [0.25, 0.3) is 0 Å². The number of pyridine rings is 1. The highest BCUT2D eigenvalue weighted by atomic mass is 16.5. The minimum absolute atomic E-state index is 0.0374. The summed E-state index contributed by atoms with van der Waals surface area (Å²) in [5.74, 6) is -0.0374. The van der Waals surface area contributed by atoms with Crippen molar-refractivity contribution in [3.63, 3.8) is 0 Å². The van der Waals surface area contributed by atoms with Crippen molar-refractivity contribution < 1.29 is 19.8 Å². The van der Waals surface area contributed by atoms with Crippen molar-refractivity contribution in [1.82, 2.24) is 0 Å². The molecular formula is C26H18NO3+. The highest BCUT2D eigenvalue weighted by molar-refractivity contribution is 6.10. The molecule has 0 bridgehead atoms. The van der Waals surface area contributed by atoms with E-state index in [9.17, 15) is 15.1 Å². The van der Waals surface area contributed by atoms with Crippen LogP contribution in [0.4, 0.5) is 0 Å². The quantitative estimate of drug-likeness (QED) is 0.246. The first-order valence-electron chi connectivity index (χ1n) is 9.60. The summed E-state index contributed by atoms with van der Waals surface area (Å²) in [5, 5.41) is 24.2. The van der Waals surface area contributed by atoms with Crippen LogP contribution < -0.4 is 4.73 Å². The molecule has 5 aromatic rings. The zero-order chi connectivity index (χ0) is 20.7. The first-order valence-corrected chi connectivity index (χ1v) is 9.60. The molecular weight excluding hydrogens is 374 g/mol. The number of phenolic OH excluding ortho intramolecular Hbond substituents is 1. The predicted molar refractivity (Wildman–Crippen MR) is 117 cm³/mol. The maximum absolute atomic E-state index is 11.4. The molecule has 0 unspecified atom stereocenters. The summed E-state index contributed by atoms with van der Waals surface area (Å²) in [4.78, 5) is 11.4. The first kappa shape index (κ1) is 17.9. The number of hydrogen-bond donors (Lipinski definition) is 2. The second-order valence-corrected chi connectivity index (χ2v) is 7.24. The molecule has 0 aliphatic heterocycles. The molecule has 0 atom stereocenters. The highest BCUT2D eigenvalue weighted by Gasteiger charge is 2.17. The Bertz CT molecular complexity index is 1430. The van der Waals surface area contributed by atoms with Crippen LogP contribution in [0.15, 0.2) is 91.3 Å². The van der Waals surface area contributed by atoms with Gasteiger partial charge >= 0.3 is 0 Å². The standard InChI is InChI=1S/C26H17NO3/c28-16-20-13-18(11-12-25(20)29)22-9-3-6-17-7-4-10-23(26(17)22)24-15-27(30)14-19-5-1-2-8-21(19)24/h1-16H,(H-,28,29,30)/p+1. The van der Waals surface area contributed by atoms with Crippen LogP contribution in [-0.2, 0) is 0 Å². The van der Waals surface area contributed by atoms with Gasteiger partial charge in [0.15, 0.2) is 6.29 Å². The molecule has 0 radical (unpaired) electrons. The number of phenols is 1. The lowest BCUT2D eigenvalue weighted by Gasteiger charge is -2.13. The zero-order valence-electron chi connectivity index (χ0n) is 16.0. The van der Waals surface area contributed by atoms with Crippen LogP contribution >= 0.6 is 0 Å². The van der Waals surface area contributed by atoms with Gasteiger partial charge in [-0.3, -0.25) is 10.0 Å². The van der Waals surface area contributed by atoms with Gasteiger partial charge in [-0.15, -0.1) is 0 Å².